The minimum absolute atomic E-state index is 0.157. The summed E-state index contributed by atoms with van der Waals surface area (Å²) in [6, 6.07) is 7.40. The molecule has 1 N–H and O–H groups in total. The molecule has 172 valence electrons. The lowest BCUT2D eigenvalue weighted by Gasteiger charge is -2.34. The number of carbonyl (C=O) groups excluding carboxylic acids is 2. The van der Waals surface area contributed by atoms with E-state index < -0.39 is 16.1 Å². The van der Waals surface area contributed by atoms with Crippen molar-refractivity contribution in [2.45, 2.75) is 37.1 Å². The van der Waals surface area contributed by atoms with Gasteiger partial charge >= 0.3 is 0 Å². The lowest BCUT2D eigenvalue weighted by molar-refractivity contribution is -0.121. The van der Waals surface area contributed by atoms with Crippen molar-refractivity contribution in [2.75, 3.05) is 38.2 Å². The molecule has 1 atom stereocenters. The summed E-state index contributed by atoms with van der Waals surface area (Å²) < 4.78 is 38.1. The molecule has 3 heterocycles. The van der Waals surface area contributed by atoms with Gasteiger partial charge in [0.1, 0.15) is 6.04 Å². The molecule has 1 aromatic heterocycles. The van der Waals surface area contributed by atoms with Crippen LogP contribution in [0.15, 0.2) is 45.9 Å². The van der Waals surface area contributed by atoms with Crippen molar-refractivity contribution in [1.29, 1.82) is 0 Å². The first-order valence-corrected chi connectivity index (χ1v) is 12.2. The summed E-state index contributed by atoms with van der Waals surface area (Å²) in [6.45, 7) is 3.49. The van der Waals surface area contributed by atoms with E-state index in [0.29, 0.717) is 50.5 Å². The number of furan rings is 1. The summed E-state index contributed by atoms with van der Waals surface area (Å²) >= 11 is 0. The quantitative estimate of drug-likeness (QED) is 0.732. The van der Waals surface area contributed by atoms with Gasteiger partial charge in [0.25, 0.3) is 5.91 Å². The molecule has 4 rings (SSSR count). The van der Waals surface area contributed by atoms with Crippen LogP contribution in [0.3, 0.4) is 0 Å². The number of sulfonamides is 1. The number of likely N-dealkylation sites (tertiary alicyclic amines) is 1. The molecule has 32 heavy (non-hydrogen) atoms. The van der Waals surface area contributed by atoms with Gasteiger partial charge in [-0.2, -0.15) is 4.31 Å². The predicted octanol–water partition coefficient (Wildman–Crippen LogP) is 2.24. The average Bonchev–Trinajstić information content (AvgIpc) is 3.35. The van der Waals surface area contributed by atoms with Gasteiger partial charge in [-0.15, -0.1) is 0 Å². The van der Waals surface area contributed by atoms with Gasteiger partial charge in [0.15, 0.2) is 5.76 Å². The molecule has 0 saturated carbocycles. The van der Waals surface area contributed by atoms with Crippen LogP contribution in [-0.4, -0.2) is 68.3 Å². The fraction of sp³-hybridized carbons (Fsp3) is 0.455. The lowest BCUT2D eigenvalue weighted by Crippen LogP contribution is -2.50. The highest BCUT2D eigenvalue weighted by atomic mass is 32.2. The molecule has 1 unspecified atom stereocenters. The molecule has 2 aliphatic heterocycles. The Hall–Kier alpha value is -2.69. The van der Waals surface area contributed by atoms with E-state index in [9.17, 15) is 18.0 Å². The second-order valence-corrected chi connectivity index (χ2v) is 9.88. The van der Waals surface area contributed by atoms with Gasteiger partial charge in [-0.3, -0.25) is 9.59 Å². The molecule has 2 amide bonds. The molecule has 2 saturated heterocycles. The van der Waals surface area contributed by atoms with Crippen LogP contribution >= 0.6 is 0 Å². The SMILES string of the molecule is Cc1ccc(NC(=O)C2CCCCN2C(=O)c2ccco2)cc1S(=O)(=O)N1CCOCC1. The van der Waals surface area contributed by atoms with Gasteiger partial charge in [-0.25, -0.2) is 8.42 Å². The van der Waals surface area contributed by atoms with E-state index in [1.165, 1.54) is 21.5 Å². The van der Waals surface area contributed by atoms with Crippen molar-refractivity contribution in [3.05, 3.63) is 47.9 Å². The monoisotopic (exact) mass is 461 g/mol. The van der Waals surface area contributed by atoms with Gasteiger partial charge < -0.3 is 19.4 Å². The molecule has 1 aromatic carbocycles. The van der Waals surface area contributed by atoms with E-state index in [2.05, 4.69) is 5.32 Å². The number of benzene rings is 1. The van der Waals surface area contributed by atoms with E-state index in [0.717, 1.165) is 12.8 Å². The second kappa shape index (κ2) is 9.43. The summed E-state index contributed by atoms with van der Waals surface area (Å²) in [5.41, 5.74) is 0.977. The molecule has 2 aliphatic rings. The van der Waals surface area contributed by atoms with Crippen molar-refractivity contribution >= 4 is 27.5 Å². The van der Waals surface area contributed by atoms with Crippen LogP contribution in [-0.2, 0) is 19.6 Å². The highest BCUT2D eigenvalue weighted by molar-refractivity contribution is 7.89. The van der Waals surface area contributed by atoms with Gasteiger partial charge in [0.05, 0.1) is 24.4 Å². The zero-order valence-electron chi connectivity index (χ0n) is 18.0. The topological polar surface area (TPSA) is 109 Å². The van der Waals surface area contributed by atoms with Gasteiger partial charge in [0, 0.05) is 25.3 Å². The largest absolute Gasteiger partial charge is 0.459 e. The Morgan fingerprint density at radius 2 is 1.88 bits per heavy atom. The third-order valence-corrected chi connectivity index (χ3v) is 7.88. The Bertz CT molecular complexity index is 1080. The van der Waals surface area contributed by atoms with Crippen molar-refractivity contribution in [3.8, 4) is 0 Å². The predicted molar refractivity (Wildman–Crippen MR) is 117 cm³/mol. The number of piperidine rings is 1. The van der Waals surface area contributed by atoms with Crippen LogP contribution in [0.2, 0.25) is 0 Å². The van der Waals surface area contributed by atoms with E-state index in [1.54, 1.807) is 31.2 Å². The molecule has 2 aromatic rings. The molecule has 2 fully saturated rings. The molecule has 0 aliphatic carbocycles. The van der Waals surface area contributed by atoms with Gasteiger partial charge in [0.2, 0.25) is 15.9 Å². The highest BCUT2D eigenvalue weighted by Crippen LogP contribution is 2.26. The number of hydrogen-bond donors (Lipinski definition) is 1. The van der Waals surface area contributed by atoms with E-state index in [1.807, 2.05) is 0 Å². The summed E-state index contributed by atoms with van der Waals surface area (Å²) in [5, 5.41) is 2.81. The summed E-state index contributed by atoms with van der Waals surface area (Å²) in [7, 11) is -3.70. The number of hydrogen-bond acceptors (Lipinski definition) is 6. The third kappa shape index (κ3) is 4.57. The van der Waals surface area contributed by atoms with Crippen molar-refractivity contribution in [2.24, 2.45) is 0 Å². The number of aryl methyl sites for hydroxylation is 1. The van der Waals surface area contributed by atoms with Crippen molar-refractivity contribution in [3.63, 3.8) is 0 Å². The van der Waals surface area contributed by atoms with Crippen LogP contribution in [0.25, 0.3) is 0 Å². The van der Waals surface area contributed by atoms with Crippen LogP contribution in [0, 0.1) is 6.92 Å². The van der Waals surface area contributed by atoms with Crippen LogP contribution < -0.4 is 5.32 Å². The zero-order chi connectivity index (χ0) is 22.7. The first-order chi connectivity index (χ1) is 15.4. The molecular weight excluding hydrogens is 434 g/mol. The van der Waals surface area contributed by atoms with Crippen molar-refractivity contribution in [1.82, 2.24) is 9.21 Å². The molecule has 0 radical (unpaired) electrons. The number of carbonyl (C=O) groups is 2. The van der Waals surface area contributed by atoms with E-state index in [-0.39, 0.29) is 22.5 Å². The Balaban J connectivity index is 1.54. The molecule has 10 heteroatoms. The van der Waals surface area contributed by atoms with Crippen molar-refractivity contribution < 1.29 is 27.2 Å². The fourth-order valence-corrected chi connectivity index (χ4v) is 5.76. The number of morpholine rings is 1. The Morgan fingerprint density at radius 1 is 1.09 bits per heavy atom. The fourth-order valence-electron chi connectivity index (χ4n) is 4.10. The van der Waals surface area contributed by atoms with Crippen LogP contribution in [0.4, 0.5) is 5.69 Å². The standard InChI is InChI=1S/C22H27N3O6S/c1-16-7-8-17(15-20(16)32(28,29)24-10-13-30-14-11-24)23-21(26)18-5-2-3-9-25(18)22(27)19-6-4-12-31-19/h4,6-8,12,15,18H,2-3,5,9-11,13-14H2,1H3,(H,23,26). The lowest BCUT2D eigenvalue weighted by atomic mass is 10.0. The smallest absolute Gasteiger partial charge is 0.290 e. The summed E-state index contributed by atoms with van der Waals surface area (Å²) in [6.07, 6.45) is 3.59. The third-order valence-electron chi connectivity index (χ3n) is 5.84. The number of nitrogens with one attached hydrogen (secondary N) is 1. The van der Waals surface area contributed by atoms with Gasteiger partial charge in [-0.05, 0) is 56.0 Å². The zero-order valence-corrected chi connectivity index (χ0v) is 18.8. The Morgan fingerprint density at radius 3 is 2.59 bits per heavy atom. The van der Waals surface area contributed by atoms with Crippen LogP contribution in [0.1, 0.15) is 35.4 Å². The summed E-state index contributed by atoms with van der Waals surface area (Å²) in [4.78, 5) is 27.6. The second-order valence-electron chi connectivity index (χ2n) is 7.97. The minimum atomic E-state index is -3.70. The molecule has 0 spiro atoms. The first kappa shape index (κ1) is 22.5. The minimum Gasteiger partial charge on any atom is -0.459 e. The first-order valence-electron chi connectivity index (χ1n) is 10.7. The molecule has 9 nitrogen and oxygen atoms in total. The number of anilines is 1. The van der Waals surface area contributed by atoms with E-state index >= 15 is 0 Å². The maximum Gasteiger partial charge on any atom is 0.290 e. The number of amides is 2. The maximum atomic E-state index is 13.1. The Kier molecular flexibility index (Phi) is 6.63. The van der Waals surface area contributed by atoms with Crippen LogP contribution in [0.5, 0.6) is 0 Å². The summed E-state index contributed by atoms with van der Waals surface area (Å²) in [5.74, 6) is -0.476. The Labute approximate surface area is 187 Å². The normalized spacial score (nSPS) is 20.2. The van der Waals surface area contributed by atoms with Gasteiger partial charge in [-0.1, -0.05) is 6.07 Å². The van der Waals surface area contributed by atoms with E-state index in [4.69, 9.17) is 9.15 Å². The average molecular weight is 462 g/mol. The molecule has 0 bridgehead atoms. The molecular formula is C22H27N3O6S. The number of nitrogens with zero attached hydrogens (tertiary/aromatic N) is 2. The maximum absolute atomic E-state index is 13.1. The number of rotatable bonds is 5. The number of ether oxygens (including phenoxy) is 1. The highest BCUT2D eigenvalue weighted by Gasteiger charge is 2.34.